The molecule has 5 rings (SSSR count). The van der Waals surface area contributed by atoms with Crippen molar-refractivity contribution in [2.75, 3.05) is 13.2 Å². The number of hydrogen-bond acceptors (Lipinski definition) is 6. The Morgan fingerprint density at radius 3 is 2.67 bits per heavy atom. The maximum Gasteiger partial charge on any atom is 0.341 e. The number of benzene rings is 2. The molecule has 0 unspecified atom stereocenters. The molecule has 0 aromatic heterocycles. The smallest absolute Gasteiger partial charge is 0.341 e. The van der Waals surface area contributed by atoms with Crippen molar-refractivity contribution in [1.82, 2.24) is 4.90 Å². The van der Waals surface area contributed by atoms with E-state index in [1.165, 1.54) is 0 Å². The Balaban J connectivity index is 1.35. The summed E-state index contributed by atoms with van der Waals surface area (Å²) in [5.41, 5.74) is 0.816. The van der Waals surface area contributed by atoms with Crippen molar-refractivity contribution in [3.05, 3.63) is 53.6 Å². The quantitative estimate of drug-likeness (QED) is 0.731. The average molecular weight is 453 g/mol. The summed E-state index contributed by atoms with van der Waals surface area (Å²) in [7, 11) is 0. The summed E-state index contributed by atoms with van der Waals surface area (Å²) in [6.45, 7) is 4.17. The number of likely N-dealkylation sites (tertiary alicyclic amines) is 1. The molecule has 0 saturated carbocycles. The molecular weight excluding hydrogens is 426 g/mol. The fraction of sp³-hybridized carbons (Fsp3) is 0.440. The van der Waals surface area contributed by atoms with Crippen LogP contribution in [0, 0.1) is 5.92 Å². The van der Waals surface area contributed by atoms with Gasteiger partial charge in [-0.15, -0.1) is 0 Å². The first-order valence-electron chi connectivity index (χ1n) is 11.2. The van der Waals surface area contributed by atoms with E-state index in [9.17, 15) is 14.7 Å². The summed E-state index contributed by atoms with van der Waals surface area (Å²) in [6.07, 6.45) is 1.20. The van der Waals surface area contributed by atoms with E-state index >= 15 is 0 Å². The summed E-state index contributed by atoms with van der Waals surface area (Å²) in [4.78, 5) is 25.9. The van der Waals surface area contributed by atoms with E-state index in [4.69, 9.17) is 19.3 Å². The predicted molar refractivity (Wildman–Crippen MR) is 118 cm³/mol. The van der Waals surface area contributed by atoms with E-state index in [0.717, 1.165) is 18.4 Å². The molecule has 2 N–H and O–H groups in total. The molecule has 0 radical (unpaired) electrons. The van der Waals surface area contributed by atoms with Gasteiger partial charge in [0.1, 0.15) is 11.4 Å². The lowest BCUT2D eigenvalue weighted by atomic mass is 9.74. The van der Waals surface area contributed by atoms with Crippen LogP contribution < -0.4 is 9.47 Å². The predicted octanol–water partition coefficient (Wildman–Crippen LogP) is 3.39. The SMILES string of the molecule is CC1(C)Oc2c(O)cccc2[C@@H]2O[C@@H]3CCN(C(=O)c4ccc(OCC(=O)O)cc4)[C@H]3C[C@H]21. The van der Waals surface area contributed by atoms with Crippen molar-refractivity contribution in [1.29, 1.82) is 0 Å². The van der Waals surface area contributed by atoms with Gasteiger partial charge in [-0.3, -0.25) is 4.79 Å². The topological polar surface area (TPSA) is 106 Å². The molecule has 2 aromatic carbocycles. The van der Waals surface area contributed by atoms with Crippen LogP contribution in [0.4, 0.5) is 0 Å². The number of aromatic hydroxyl groups is 1. The molecule has 3 aliphatic rings. The summed E-state index contributed by atoms with van der Waals surface area (Å²) in [5.74, 6) is -0.112. The molecule has 3 aliphatic heterocycles. The van der Waals surface area contributed by atoms with E-state index in [0.29, 0.717) is 23.6 Å². The summed E-state index contributed by atoms with van der Waals surface area (Å²) < 4.78 is 17.9. The van der Waals surface area contributed by atoms with Gasteiger partial charge in [0.15, 0.2) is 18.1 Å². The average Bonchev–Trinajstić information content (AvgIpc) is 3.20. The number of carbonyl (C=O) groups excluding carboxylic acids is 1. The zero-order valence-corrected chi connectivity index (χ0v) is 18.6. The highest BCUT2D eigenvalue weighted by atomic mass is 16.5. The second kappa shape index (κ2) is 7.95. The highest BCUT2D eigenvalue weighted by Crippen LogP contribution is 2.54. The van der Waals surface area contributed by atoms with E-state index in [1.54, 1.807) is 36.4 Å². The minimum absolute atomic E-state index is 0.0215. The first-order valence-corrected chi connectivity index (χ1v) is 11.2. The maximum absolute atomic E-state index is 13.3. The standard InChI is InChI=1S/C25H27NO7/c1-25(2)17-12-18-20(32-22(17)16-4-3-5-19(27)23(16)33-25)10-11-26(18)24(30)14-6-8-15(9-7-14)31-13-21(28)29/h3-9,17-18,20,22,27H,10-13H2,1-2H3,(H,28,29)/t17-,18+,20-,22+/m1/s1. The Hall–Kier alpha value is -3.26. The minimum atomic E-state index is -1.05. The molecule has 2 aromatic rings. The third-order valence-corrected chi connectivity index (χ3v) is 6.98. The van der Waals surface area contributed by atoms with Crippen LogP contribution in [0.2, 0.25) is 0 Å². The van der Waals surface area contributed by atoms with Gasteiger partial charge in [-0.05, 0) is 57.0 Å². The molecule has 0 bridgehead atoms. The number of aliphatic carboxylic acids is 1. The molecule has 2 saturated heterocycles. The van der Waals surface area contributed by atoms with Crippen LogP contribution in [0.25, 0.3) is 0 Å². The summed E-state index contributed by atoms with van der Waals surface area (Å²) in [6, 6.07) is 11.8. The molecule has 0 spiro atoms. The third kappa shape index (κ3) is 3.78. The number of carbonyl (C=O) groups is 2. The highest BCUT2D eigenvalue weighted by Gasteiger charge is 2.54. The van der Waals surface area contributed by atoms with Gasteiger partial charge in [0.2, 0.25) is 0 Å². The Morgan fingerprint density at radius 2 is 1.94 bits per heavy atom. The Labute approximate surface area is 191 Å². The van der Waals surface area contributed by atoms with E-state index in [-0.39, 0.29) is 35.8 Å². The first-order chi connectivity index (χ1) is 15.7. The lowest BCUT2D eigenvalue weighted by Crippen LogP contribution is -2.54. The van der Waals surface area contributed by atoms with Crippen molar-refractivity contribution in [3.63, 3.8) is 0 Å². The van der Waals surface area contributed by atoms with E-state index in [2.05, 4.69) is 0 Å². The Kier molecular flexibility index (Phi) is 5.20. The Morgan fingerprint density at radius 1 is 1.18 bits per heavy atom. The number of para-hydroxylation sites is 1. The largest absolute Gasteiger partial charge is 0.504 e. The summed E-state index contributed by atoms with van der Waals surface area (Å²) >= 11 is 0. The molecular formula is C25H27NO7. The lowest BCUT2D eigenvalue weighted by Gasteiger charge is -2.50. The van der Waals surface area contributed by atoms with Gasteiger partial charge in [0.05, 0.1) is 18.2 Å². The van der Waals surface area contributed by atoms with Gasteiger partial charge in [0, 0.05) is 23.6 Å². The maximum atomic E-state index is 13.3. The van der Waals surface area contributed by atoms with Gasteiger partial charge in [-0.25, -0.2) is 4.79 Å². The van der Waals surface area contributed by atoms with Crippen LogP contribution in [-0.4, -0.2) is 57.9 Å². The van der Waals surface area contributed by atoms with Gasteiger partial charge in [-0.1, -0.05) is 12.1 Å². The van der Waals surface area contributed by atoms with Crippen LogP contribution in [0.3, 0.4) is 0 Å². The highest BCUT2D eigenvalue weighted by molar-refractivity contribution is 5.94. The zero-order valence-electron chi connectivity index (χ0n) is 18.6. The monoisotopic (exact) mass is 453 g/mol. The normalized spacial score (nSPS) is 27.0. The van der Waals surface area contributed by atoms with Crippen molar-refractivity contribution in [2.45, 2.75) is 50.5 Å². The van der Waals surface area contributed by atoms with Crippen LogP contribution in [0.15, 0.2) is 42.5 Å². The van der Waals surface area contributed by atoms with Gasteiger partial charge in [0.25, 0.3) is 5.91 Å². The van der Waals surface area contributed by atoms with Crippen LogP contribution in [0.5, 0.6) is 17.2 Å². The van der Waals surface area contributed by atoms with Crippen molar-refractivity contribution in [2.24, 2.45) is 5.92 Å². The van der Waals surface area contributed by atoms with E-state index < -0.39 is 18.2 Å². The second-order valence-corrected chi connectivity index (χ2v) is 9.40. The Bertz CT molecular complexity index is 1080. The summed E-state index contributed by atoms with van der Waals surface area (Å²) in [5, 5.41) is 19.1. The molecule has 174 valence electrons. The number of nitrogens with zero attached hydrogens (tertiary/aromatic N) is 1. The van der Waals surface area contributed by atoms with E-state index in [1.807, 2.05) is 24.8 Å². The molecule has 3 heterocycles. The molecule has 2 fully saturated rings. The number of carboxylic acids is 1. The van der Waals surface area contributed by atoms with Crippen molar-refractivity contribution < 1.29 is 34.0 Å². The number of amides is 1. The molecule has 33 heavy (non-hydrogen) atoms. The van der Waals surface area contributed by atoms with Crippen molar-refractivity contribution in [3.8, 4) is 17.2 Å². The lowest BCUT2D eigenvalue weighted by molar-refractivity contribution is -0.160. The van der Waals surface area contributed by atoms with Gasteiger partial charge < -0.3 is 29.3 Å². The fourth-order valence-electron chi connectivity index (χ4n) is 5.34. The fourth-order valence-corrected chi connectivity index (χ4v) is 5.34. The minimum Gasteiger partial charge on any atom is -0.504 e. The van der Waals surface area contributed by atoms with Crippen molar-refractivity contribution >= 4 is 11.9 Å². The first kappa shape index (κ1) is 21.6. The number of fused-ring (bicyclic) bond motifs is 4. The molecule has 1 amide bonds. The third-order valence-electron chi connectivity index (χ3n) is 6.98. The molecule has 8 nitrogen and oxygen atoms in total. The molecule has 0 aliphatic carbocycles. The number of phenols is 1. The molecule has 8 heteroatoms. The zero-order chi connectivity index (χ0) is 23.3. The second-order valence-electron chi connectivity index (χ2n) is 9.40. The van der Waals surface area contributed by atoms with Gasteiger partial charge >= 0.3 is 5.97 Å². The number of ether oxygens (including phenoxy) is 3. The van der Waals surface area contributed by atoms with Crippen LogP contribution in [0.1, 0.15) is 48.7 Å². The molecule has 4 atom stereocenters. The van der Waals surface area contributed by atoms with Gasteiger partial charge in [-0.2, -0.15) is 0 Å². The number of carboxylic acid groups (broad SMARTS) is 1. The number of rotatable bonds is 4. The van der Waals surface area contributed by atoms with Crippen LogP contribution in [-0.2, 0) is 9.53 Å². The number of phenolic OH excluding ortho intramolecular Hbond substituents is 1. The number of hydrogen-bond donors (Lipinski definition) is 2. The van der Waals surface area contributed by atoms with Crippen LogP contribution >= 0.6 is 0 Å².